The summed E-state index contributed by atoms with van der Waals surface area (Å²) in [5, 5.41) is 23.7. The lowest BCUT2D eigenvalue weighted by molar-refractivity contribution is -0.119. The molecule has 9 heteroatoms. The van der Waals surface area contributed by atoms with Gasteiger partial charge in [-0.25, -0.2) is 4.79 Å². The summed E-state index contributed by atoms with van der Waals surface area (Å²) in [5.41, 5.74) is 2.17. The van der Waals surface area contributed by atoms with Crippen molar-refractivity contribution in [2.24, 2.45) is 5.92 Å². The third kappa shape index (κ3) is 5.47. The van der Waals surface area contributed by atoms with Crippen LogP contribution < -0.4 is 10.6 Å². The van der Waals surface area contributed by atoms with Crippen LogP contribution >= 0.6 is 11.3 Å². The average Bonchev–Trinajstić information content (AvgIpc) is 3.08. The number of rotatable bonds is 6. The Morgan fingerprint density at radius 2 is 1.90 bits per heavy atom. The van der Waals surface area contributed by atoms with Crippen LogP contribution in [-0.2, 0) is 27.2 Å². The summed E-state index contributed by atoms with van der Waals surface area (Å²) in [6, 6.07) is 9.83. The SMILES string of the molecule is C[C@@H]1CCc2c(sc(NC(=O)COC(=O)c3ccc(NC(=O)CC#N)cc3)c2C#N)C1. The Morgan fingerprint density at radius 3 is 2.58 bits per heavy atom. The maximum absolute atomic E-state index is 12.3. The molecule has 0 unspecified atom stereocenters. The van der Waals surface area contributed by atoms with Gasteiger partial charge in [-0.15, -0.1) is 11.3 Å². The van der Waals surface area contributed by atoms with Gasteiger partial charge < -0.3 is 15.4 Å². The molecule has 1 aliphatic carbocycles. The molecule has 0 spiro atoms. The Bertz CT molecular complexity index is 1090. The molecule has 0 aliphatic heterocycles. The number of hydrogen-bond acceptors (Lipinski definition) is 7. The van der Waals surface area contributed by atoms with E-state index in [-0.39, 0.29) is 12.0 Å². The van der Waals surface area contributed by atoms with Crippen LogP contribution in [0, 0.1) is 28.6 Å². The zero-order valence-electron chi connectivity index (χ0n) is 16.9. The van der Waals surface area contributed by atoms with E-state index in [1.165, 1.54) is 35.6 Å². The first kappa shape index (κ1) is 22.0. The van der Waals surface area contributed by atoms with Crippen LogP contribution in [0.2, 0.25) is 0 Å². The molecule has 31 heavy (non-hydrogen) atoms. The Balaban J connectivity index is 1.55. The van der Waals surface area contributed by atoms with E-state index in [0.717, 1.165) is 29.7 Å². The molecule has 0 radical (unpaired) electrons. The molecule has 0 saturated heterocycles. The predicted molar refractivity (Wildman–Crippen MR) is 114 cm³/mol. The Kier molecular flexibility index (Phi) is 7.01. The van der Waals surface area contributed by atoms with Gasteiger partial charge in [0.1, 0.15) is 17.5 Å². The Labute approximate surface area is 183 Å². The molecular weight excluding hydrogens is 416 g/mol. The molecule has 1 aromatic heterocycles. The molecule has 1 aromatic carbocycles. The number of nitrogens with one attached hydrogen (secondary N) is 2. The van der Waals surface area contributed by atoms with Gasteiger partial charge in [-0.1, -0.05) is 6.92 Å². The third-order valence-corrected chi connectivity index (χ3v) is 6.02. The fraction of sp³-hybridized carbons (Fsp3) is 0.318. The van der Waals surface area contributed by atoms with Crippen molar-refractivity contribution in [3.63, 3.8) is 0 Å². The molecule has 1 heterocycles. The van der Waals surface area contributed by atoms with Gasteiger partial charge in [0.25, 0.3) is 5.91 Å². The topological polar surface area (TPSA) is 132 Å². The van der Waals surface area contributed by atoms with Crippen molar-refractivity contribution in [2.75, 3.05) is 17.2 Å². The van der Waals surface area contributed by atoms with Crippen LogP contribution in [0.25, 0.3) is 0 Å². The number of carbonyl (C=O) groups is 3. The van der Waals surface area contributed by atoms with Gasteiger partial charge in [0.2, 0.25) is 5.91 Å². The number of nitriles is 2. The second kappa shape index (κ2) is 9.88. The van der Waals surface area contributed by atoms with Crippen LogP contribution in [0.15, 0.2) is 24.3 Å². The fourth-order valence-electron chi connectivity index (χ4n) is 3.30. The lowest BCUT2D eigenvalue weighted by Gasteiger charge is -2.17. The summed E-state index contributed by atoms with van der Waals surface area (Å²) < 4.78 is 5.05. The second-order valence-electron chi connectivity index (χ2n) is 7.25. The lowest BCUT2D eigenvalue weighted by Crippen LogP contribution is -2.21. The van der Waals surface area contributed by atoms with E-state index in [2.05, 4.69) is 23.6 Å². The molecule has 0 saturated carbocycles. The van der Waals surface area contributed by atoms with Crippen LogP contribution in [0.3, 0.4) is 0 Å². The van der Waals surface area contributed by atoms with Crippen LogP contribution in [0.4, 0.5) is 10.7 Å². The highest BCUT2D eigenvalue weighted by molar-refractivity contribution is 7.16. The third-order valence-electron chi connectivity index (χ3n) is 4.85. The summed E-state index contributed by atoms with van der Waals surface area (Å²) in [7, 11) is 0. The summed E-state index contributed by atoms with van der Waals surface area (Å²) in [6.45, 7) is 1.68. The maximum Gasteiger partial charge on any atom is 0.338 e. The molecule has 1 aliphatic rings. The Hall–Kier alpha value is -3.69. The van der Waals surface area contributed by atoms with Gasteiger partial charge in [-0.2, -0.15) is 10.5 Å². The number of amides is 2. The lowest BCUT2D eigenvalue weighted by atomic mass is 9.89. The molecule has 0 bridgehead atoms. The smallest absolute Gasteiger partial charge is 0.338 e. The predicted octanol–water partition coefficient (Wildman–Crippen LogP) is 3.39. The first-order valence-electron chi connectivity index (χ1n) is 9.69. The molecule has 1 atom stereocenters. The monoisotopic (exact) mass is 436 g/mol. The zero-order chi connectivity index (χ0) is 22.4. The summed E-state index contributed by atoms with van der Waals surface area (Å²) in [6.07, 6.45) is 2.48. The van der Waals surface area contributed by atoms with E-state index >= 15 is 0 Å². The van der Waals surface area contributed by atoms with Gasteiger partial charge in [0, 0.05) is 10.6 Å². The van der Waals surface area contributed by atoms with E-state index in [9.17, 15) is 19.6 Å². The van der Waals surface area contributed by atoms with Crippen molar-refractivity contribution in [3.05, 3.63) is 45.8 Å². The van der Waals surface area contributed by atoms with Gasteiger partial charge in [-0.3, -0.25) is 9.59 Å². The molecular formula is C22H20N4O4S. The van der Waals surface area contributed by atoms with E-state index in [4.69, 9.17) is 10.00 Å². The molecule has 2 N–H and O–H groups in total. The minimum Gasteiger partial charge on any atom is -0.452 e. The van der Waals surface area contributed by atoms with Crippen molar-refractivity contribution in [3.8, 4) is 12.1 Å². The van der Waals surface area contributed by atoms with E-state index in [0.29, 0.717) is 22.2 Å². The van der Waals surface area contributed by atoms with Crippen molar-refractivity contribution < 1.29 is 19.1 Å². The highest BCUT2D eigenvalue weighted by Crippen LogP contribution is 2.39. The molecule has 158 valence electrons. The first-order valence-corrected chi connectivity index (χ1v) is 10.5. The number of thiophene rings is 1. The fourth-order valence-corrected chi connectivity index (χ4v) is 4.68. The maximum atomic E-state index is 12.3. The quantitative estimate of drug-likeness (QED) is 0.667. The first-order chi connectivity index (χ1) is 14.9. The number of nitrogens with zero attached hydrogens (tertiary/aromatic N) is 2. The number of carbonyl (C=O) groups excluding carboxylic acids is 3. The van der Waals surface area contributed by atoms with E-state index in [1.54, 1.807) is 6.07 Å². The van der Waals surface area contributed by atoms with Crippen molar-refractivity contribution in [1.82, 2.24) is 0 Å². The van der Waals surface area contributed by atoms with Crippen molar-refractivity contribution in [1.29, 1.82) is 10.5 Å². The molecule has 0 fully saturated rings. The van der Waals surface area contributed by atoms with Crippen LogP contribution in [0.5, 0.6) is 0 Å². The van der Waals surface area contributed by atoms with Gasteiger partial charge in [-0.05, 0) is 55.0 Å². The second-order valence-corrected chi connectivity index (χ2v) is 8.36. The van der Waals surface area contributed by atoms with Gasteiger partial charge in [0.05, 0.1) is 17.2 Å². The van der Waals surface area contributed by atoms with Gasteiger partial charge >= 0.3 is 5.97 Å². The number of anilines is 2. The normalized spacial score (nSPS) is 14.5. The number of benzene rings is 1. The Morgan fingerprint density at radius 1 is 1.16 bits per heavy atom. The summed E-state index contributed by atoms with van der Waals surface area (Å²) in [4.78, 5) is 37.0. The number of esters is 1. The molecule has 8 nitrogen and oxygen atoms in total. The van der Waals surface area contributed by atoms with Crippen molar-refractivity contribution >= 4 is 39.8 Å². The van der Waals surface area contributed by atoms with Gasteiger partial charge in [0.15, 0.2) is 6.61 Å². The molecule has 2 amide bonds. The van der Waals surface area contributed by atoms with E-state index in [1.807, 2.05) is 0 Å². The summed E-state index contributed by atoms with van der Waals surface area (Å²) in [5.74, 6) is -1.11. The minimum atomic E-state index is -0.690. The highest BCUT2D eigenvalue weighted by Gasteiger charge is 2.24. The minimum absolute atomic E-state index is 0.212. The number of fused-ring (bicyclic) bond motifs is 1. The summed E-state index contributed by atoms with van der Waals surface area (Å²) >= 11 is 1.41. The zero-order valence-corrected chi connectivity index (χ0v) is 17.7. The number of ether oxygens (including phenoxy) is 1. The van der Waals surface area contributed by atoms with Crippen LogP contribution in [-0.4, -0.2) is 24.4 Å². The number of hydrogen-bond donors (Lipinski definition) is 2. The van der Waals surface area contributed by atoms with E-state index < -0.39 is 24.4 Å². The largest absolute Gasteiger partial charge is 0.452 e. The molecule has 3 rings (SSSR count). The average molecular weight is 436 g/mol. The van der Waals surface area contributed by atoms with Crippen molar-refractivity contribution in [2.45, 2.75) is 32.6 Å². The molecule has 2 aromatic rings. The standard InChI is InChI=1S/C22H20N4O4S/c1-13-2-7-16-17(11-24)21(31-18(16)10-13)26-20(28)12-30-22(29)14-3-5-15(6-4-14)25-19(27)8-9-23/h3-6,13H,2,7-8,10,12H2,1H3,(H,25,27)(H,26,28)/t13-/m1/s1. The highest BCUT2D eigenvalue weighted by atomic mass is 32.1. The van der Waals surface area contributed by atoms with Crippen LogP contribution in [0.1, 0.15) is 46.1 Å².